The lowest BCUT2D eigenvalue weighted by Gasteiger charge is -2.32. The molecule has 29 heavy (non-hydrogen) atoms. The number of amides is 1. The van der Waals surface area contributed by atoms with Gasteiger partial charge >= 0.3 is 0 Å². The van der Waals surface area contributed by atoms with Gasteiger partial charge in [-0.05, 0) is 62.1 Å². The Morgan fingerprint density at radius 3 is 2.55 bits per heavy atom. The molecule has 2 atom stereocenters. The summed E-state index contributed by atoms with van der Waals surface area (Å²) in [5.41, 5.74) is 1.32. The second kappa shape index (κ2) is 8.86. The molecule has 1 saturated carbocycles. The van der Waals surface area contributed by atoms with Gasteiger partial charge < -0.3 is 14.8 Å². The van der Waals surface area contributed by atoms with E-state index < -0.39 is 9.84 Å². The highest BCUT2D eigenvalue weighted by atomic mass is 32.2. The van der Waals surface area contributed by atoms with E-state index in [4.69, 9.17) is 9.47 Å². The fraction of sp³-hybridized carbons (Fsp3) is 0.409. The van der Waals surface area contributed by atoms with Gasteiger partial charge in [0.05, 0.1) is 23.6 Å². The summed E-state index contributed by atoms with van der Waals surface area (Å²) in [5.74, 6) is 0.756. The van der Waals surface area contributed by atoms with Crippen LogP contribution in [0.5, 0.6) is 11.5 Å². The van der Waals surface area contributed by atoms with Crippen LogP contribution in [0.15, 0.2) is 47.4 Å². The first-order valence-electron chi connectivity index (χ1n) is 9.70. The van der Waals surface area contributed by atoms with E-state index >= 15 is 0 Å². The molecule has 0 radical (unpaired) electrons. The van der Waals surface area contributed by atoms with E-state index in [0.717, 1.165) is 43.3 Å². The van der Waals surface area contributed by atoms with Crippen LogP contribution in [0.1, 0.15) is 41.6 Å². The van der Waals surface area contributed by atoms with Crippen molar-refractivity contribution in [2.45, 2.75) is 49.6 Å². The average Bonchev–Trinajstić information content (AvgIpc) is 2.68. The normalized spacial score (nSPS) is 19.4. The maximum atomic E-state index is 13.0. The molecule has 156 valence electrons. The van der Waals surface area contributed by atoms with Crippen LogP contribution in [-0.4, -0.2) is 39.8 Å². The first kappa shape index (κ1) is 21.2. The van der Waals surface area contributed by atoms with Gasteiger partial charge in [0.25, 0.3) is 5.91 Å². The third-order valence-corrected chi connectivity index (χ3v) is 6.25. The molecule has 3 rings (SSSR count). The van der Waals surface area contributed by atoms with Crippen LogP contribution < -0.4 is 14.8 Å². The summed E-state index contributed by atoms with van der Waals surface area (Å²) in [4.78, 5) is 13.1. The Morgan fingerprint density at radius 1 is 1.10 bits per heavy atom. The van der Waals surface area contributed by atoms with E-state index in [9.17, 15) is 13.2 Å². The first-order chi connectivity index (χ1) is 13.8. The number of sulfone groups is 1. The Hall–Kier alpha value is -2.54. The van der Waals surface area contributed by atoms with Gasteiger partial charge in [-0.1, -0.05) is 18.6 Å². The van der Waals surface area contributed by atoms with Gasteiger partial charge in [0, 0.05) is 6.26 Å². The van der Waals surface area contributed by atoms with E-state index in [-0.39, 0.29) is 28.5 Å². The number of carbonyl (C=O) groups excluding carboxylic acids is 1. The lowest BCUT2D eigenvalue weighted by atomic mass is 9.92. The highest BCUT2D eigenvalue weighted by Crippen LogP contribution is 2.27. The predicted molar refractivity (Wildman–Crippen MR) is 111 cm³/mol. The van der Waals surface area contributed by atoms with Gasteiger partial charge in [-0.3, -0.25) is 4.79 Å². The second-order valence-electron chi connectivity index (χ2n) is 7.47. The van der Waals surface area contributed by atoms with Crippen molar-refractivity contribution in [3.05, 3.63) is 53.6 Å². The minimum atomic E-state index is -3.43. The van der Waals surface area contributed by atoms with Gasteiger partial charge in [0.15, 0.2) is 9.84 Å². The number of nitrogens with one attached hydrogen (secondary N) is 1. The molecular formula is C22H27NO5S. The summed E-state index contributed by atoms with van der Waals surface area (Å²) >= 11 is 0. The summed E-state index contributed by atoms with van der Waals surface area (Å²) in [5, 5.41) is 3.03. The monoisotopic (exact) mass is 417 g/mol. The zero-order chi connectivity index (χ0) is 21.0. The van der Waals surface area contributed by atoms with Crippen LogP contribution in [0.3, 0.4) is 0 Å². The smallest absolute Gasteiger partial charge is 0.255 e. The van der Waals surface area contributed by atoms with Gasteiger partial charge in [-0.15, -0.1) is 0 Å². The molecule has 0 spiro atoms. The molecule has 1 fully saturated rings. The Balaban J connectivity index is 1.80. The number of benzene rings is 2. The Kier molecular flexibility index (Phi) is 6.47. The Labute approximate surface area is 172 Å². The highest BCUT2D eigenvalue weighted by Gasteiger charge is 2.29. The van der Waals surface area contributed by atoms with Crippen molar-refractivity contribution in [3.63, 3.8) is 0 Å². The van der Waals surface area contributed by atoms with Gasteiger partial charge in [-0.25, -0.2) is 8.42 Å². The Morgan fingerprint density at radius 2 is 1.86 bits per heavy atom. The number of carbonyl (C=O) groups is 1. The molecule has 2 aromatic rings. The molecule has 0 saturated heterocycles. The second-order valence-corrected chi connectivity index (χ2v) is 9.49. The van der Waals surface area contributed by atoms with Crippen LogP contribution in [0, 0.1) is 6.92 Å². The molecule has 1 N–H and O–H groups in total. The maximum absolute atomic E-state index is 13.0. The average molecular weight is 418 g/mol. The number of ether oxygens (including phenoxy) is 2. The van der Waals surface area contributed by atoms with Crippen LogP contribution in [0.2, 0.25) is 0 Å². The first-order valence-corrected chi connectivity index (χ1v) is 11.6. The topological polar surface area (TPSA) is 81.7 Å². The number of hydrogen-bond acceptors (Lipinski definition) is 5. The summed E-state index contributed by atoms with van der Waals surface area (Å²) in [6.07, 6.45) is 4.66. The molecule has 2 aromatic carbocycles. The maximum Gasteiger partial charge on any atom is 0.255 e. The van der Waals surface area contributed by atoms with Gasteiger partial charge in [-0.2, -0.15) is 0 Å². The van der Waals surface area contributed by atoms with E-state index in [0.29, 0.717) is 5.75 Å². The lowest BCUT2D eigenvalue weighted by Crippen LogP contribution is -2.47. The van der Waals surface area contributed by atoms with Crippen LogP contribution >= 0.6 is 0 Å². The minimum Gasteiger partial charge on any atom is -0.496 e. The molecule has 0 aromatic heterocycles. The third-order valence-electron chi connectivity index (χ3n) is 5.14. The van der Waals surface area contributed by atoms with Crippen molar-refractivity contribution < 1.29 is 22.7 Å². The quantitative estimate of drug-likeness (QED) is 0.778. The largest absolute Gasteiger partial charge is 0.496 e. The molecule has 0 heterocycles. The standard InChI is InChI=1S/C22H27NO5S/c1-15-7-6-8-16(13-15)28-21-10-5-4-9-19(21)23-22(24)18-14-17(29(3,25)26)11-12-20(18)27-2/h6-8,11-14,19,21H,4-5,9-10H2,1-3H3,(H,23,24). The number of aryl methyl sites for hydroxylation is 1. The van der Waals surface area contributed by atoms with E-state index in [2.05, 4.69) is 5.32 Å². The van der Waals surface area contributed by atoms with Crippen molar-refractivity contribution in [2.75, 3.05) is 13.4 Å². The van der Waals surface area contributed by atoms with Crippen molar-refractivity contribution in [1.29, 1.82) is 0 Å². The minimum absolute atomic E-state index is 0.0830. The van der Waals surface area contributed by atoms with Crippen molar-refractivity contribution in [1.82, 2.24) is 5.32 Å². The van der Waals surface area contributed by atoms with Crippen LogP contribution in [0.4, 0.5) is 0 Å². The third kappa shape index (κ3) is 5.29. The van der Waals surface area contributed by atoms with E-state index in [1.807, 2.05) is 31.2 Å². The fourth-order valence-electron chi connectivity index (χ4n) is 3.61. The summed E-state index contributed by atoms with van der Waals surface area (Å²) in [6.45, 7) is 2.01. The van der Waals surface area contributed by atoms with Crippen molar-refractivity contribution in [3.8, 4) is 11.5 Å². The molecule has 6 nitrogen and oxygen atoms in total. The predicted octanol–water partition coefficient (Wildman–Crippen LogP) is 3.53. The summed E-state index contributed by atoms with van der Waals surface area (Å²) in [7, 11) is -1.98. The molecule has 2 unspecified atom stereocenters. The molecule has 0 aliphatic heterocycles. The lowest BCUT2D eigenvalue weighted by molar-refractivity contribution is 0.0795. The summed E-state index contributed by atoms with van der Waals surface area (Å²) < 4.78 is 35.2. The summed E-state index contributed by atoms with van der Waals surface area (Å²) in [6, 6.07) is 12.0. The van der Waals surface area contributed by atoms with Crippen molar-refractivity contribution in [2.24, 2.45) is 0 Å². The fourth-order valence-corrected chi connectivity index (χ4v) is 4.25. The zero-order valence-electron chi connectivity index (χ0n) is 17.0. The number of rotatable bonds is 6. The SMILES string of the molecule is COc1ccc(S(C)(=O)=O)cc1C(=O)NC1CCCCC1Oc1cccc(C)c1. The molecule has 0 bridgehead atoms. The zero-order valence-corrected chi connectivity index (χ0v) is 17.8. The molecular weight excluding hydrogens is 390 g/mol. The van der Waals surface area contributed by atoms with Crippen molar-refractivity contribution >= 4 is 15.7 Å². The Bertz CT molecular complexity index is 986. The van der Waals surface area contributed by atoms with E-state index in [1.54, 1.807) is 0 Å². The molecule has 1 amide bonds. The van der Waals surface area contributed by atoms with E-state index in [1.165, 1.54) is 25.3 Å². The van der Waals surface area contributed by atoms with Gasteiger partial charge in [0.1, 0.15) is 17.6 Å². The number of hydrogen-bond donors (Lipinski definition) is 1. The van der Waals surface area contributed by atoms with Crippen LogP contribution in [-0.2, 0) is 9.84 Å². The van der Waals surface area contributed by atoms with Gasteiger partial charge in [0.2, 0.25) is 0 Å². The number of methoxy groups -OCH3 is 1. The highest BCUT2D eigenvalue weighted by molar-refractivity contribution is 7.90. The molecule has 1 aliphatic rings. The molecule has 7 heteroatoms. The molecule has 1 aliphatic carbocycles. The van der Waals surface area contributed by atoms with Crippen LogP contribution in [0.25, 0.3) is 0 Å².